The summed E-state index contributed by atoms with van der Waals surface area (Å²) in [5.41, 5.74) is 1.86. The molecule has 0 radical (unpaired) electrons. The lowest BCUT2D eigenvalue weighted by Gasteiger charge is -1.92. The first-order valence-electron chi connectivity index (χ1n) is 4.47. The highest BCUT2D eigenvalue weighted by Crippen LogP contribution is 2.03. The van der Waals surface area contributed by atoms with E-state index >= 15 is 0 Å². The minimum Gasteiger partial charge on any atom is -0.247 e. The monoisotopic (exact) mass is 180 g/mol. The molecule has 0 aromatic rings. The van der Waals surface area contributed by atoms with E-state index in [2.05, 4.69) is 6.58 Å². The molecule has 72 valence electrons. The van der Waals surface area contributed by atoms with E-state index in [1.807, 2.05) is 38.2 Å². The third-order valence-corrected chi connectivity index (χ3v) is 1.42. The minimum atomic E-state index is -0.427. The molecule has 0 aliphatic carbocycles. The molecule has 0 amide bonds. The van der Waals surface area contributed by atoms with Crippen LogP contribution in [0.25, 0.3) is 0 Å². The van der Waals surface area contributed by atoms with E-state index in [0.717, 1.165) is 17.6 Å². The molecular weight excluding hydrogens is 163 g/mol. The highest BCUT2D eigenvalue weighted by atomic mass is 19.1. The van der Waals surface area contributed by atoms with Crippen LogP contribution in [0, 0.1) is 0 Å². The maximum atomic E-state index is 12.0. The van der Waals surface area contributed by atoms with E-state index < -0.39 is 6.67 Å². The highest BCUT2D eigenvalue weighted by Gasteiger charge is 1.84. The van der Waals surface area contributed by atoms with Crippen LogP contribution in [0.2, 0.25) is 0 Å². The van der Waals surface area contributed by atoms with Crippen LogP contribution in [0.15, 0.2) is 48.1 Å². The summed E-state index contributed by atoms with van der Waals surface area (Å²) in [6.45, 7) is 7.27. The van der Waals surface area contributed by atoms with Gasteiger partial charge in [-0.25, -0.2) is 4.39 Å². The molecule has 0 fully saturated rings. The number of allylic oxidation sites excluding steroid dienone is 7. The topological polar surface area (TPSA) is 0 Å². The Morgan fingerprint density at radius 2 is 2.00 bits per heavy atom. The first-order chi connectivity index (χ1) is 6.20. The minimum absolute atomic E-state index is 0.427. The van der Waals surface area contributed by atoms with Crippen LogP contribution in [0.4, 0.5) is 4.39 Å². The Kier molecular flexibility index (Phi) is 6.89. The molecule has 0 saturated carbocycles. The molecule has 0 N–H and O–H groups in total. The molecule has 0 rings (SSSR count). The Labute approximate surface area is 80.2 Å². The summed E-state index contributed by atoms with van der Waals surface area (Å²) in [5, 5.41) is 0. The van der Waals surface area contributed by atoms with Gasteiger partial charge in [-0.3, -0.25) is 0 Å². The molecule has 0 bridgehead atoms. The van der Waals surface area contributed by atoms with E-state index in [4.69, 9.17) is 0 Å². The summed E-state index contributed by atoms with van der Waals surface area (Å²) >= 11 is 0. The number of rotatable bonds is 5. The van der Waals surface area contributed by atoms with Crippen LogP contribution < -0.4 is 0 Å². The van der Waals surface area contributed by atoms with Crippen molar-refractivity contribution in [2.24, 2.45) is 0 Å². The highest BCUT2D eigenvalue weighted by molar-refractivity contribution is 5.33. The van der Waals surface area contributed by atoms with E-state index in [9.17, 15) is 4.39 Å². The van der Waals surface area contributed by atoms with Crippen molar-refractivity contribution in [3.05, 3.63) is 48.1 Å². The molecule has 0 unspecified atom stereocenters. The Morgan fingerprint density at radius 3 is 2.46 bits per heavy atom. The number of hydrogen-bond acceptors (Lipinski definition) is 0. The predicted octanol–water partition coefficient (Wildman–Crippen LogP) is 3.98. The second-order valence-corrected chi connectivity index (χ2v) is 2.85. The van der Waals surface area contributed by atoms with Gasteiger partial charge in [0.1, 0.15) is 6.67 Å². The third kappa shape index (κ3) is 7.26. The van der Waals surface area contributed by atoms with Gasteiger partial charge in [-0.05, 0) is 25.0 Å². The predicted molar refractivity (Wildman–Crippen MR) is 57.4 cm³/mol. The van der Waals surface area contributed by atoms with Crippen LogP contribution in [-0.2, 0) is 0 Å². The molecule has 0 aromatic heterocycles. The van der Waals surface area contributed by atoms with Crippen LogP contribution in [-0.4, -0.2) is 6.67 Å². The second-order valence-electron chi connectivity index (χ2n) is 2.85. The molecule has 0 aromatic carbocycles. The molecule has 0 spiro atoms. The van der Waals surface area contributed by atoms with E-state index in [1.54, 1.807) is 6.08 Å². The van der Waals surface area contributed by atoms with Crippen molar-refractivity contribution < 1.29 is 4.39 Å². The van der Waals surface area contributed by atoms with Gasteiger partial charge >= 0.3 is 0 Å². The lowest BCUT2D eigenvalue weighted by molar-refractivity contribution is 0.561. The fourth-order valence-electron chi connectivity index (χ4n) is 0.773. The van der Waals surface area contributed by atoms with Crippen molar-refractivity contribution in [2.75, 3.05) is 6.67 Å². The third-order valence-electron chi connectivity index (χ3n) is 1.42. The van der Waals surface area contributed by atoms with Gasteiger partial charge in [-0.15, -0.1) is 0 Å². The first-order valence-corrected chi connectivity index (χ1v) is 4.47. The Morgan fingerprint density at radius 1 is 1.31 bits per heavy atom. The van der Waals surface area contributed by atoms with Crippen molar-refractivity contribution in [2.45, 2.75) is 20.3 Å². The molecule has 0 heterocycles. The Hall–Kier alpha value is -1.11. The fourth-order valence-corrected chi connectivity index (χ4v) is 0.773. The average molecular weight is 180 g/mol. The number of halogens is 1. The Bertz CT molecular complexity index is 232. The van der Waals surface area contributed by atoms with Gasteiger partial charge in [0.25, 0.3) is 0 Å². The fraction of sp³-hybridized carbons (Fsp3) is 0.333. The van der Waals surface area contributed by atoms with Crippen LogP contribution >= 0.6 is 0 Å². The van der Waals surface area contributed by atoms with Crippen LogP contribution in [0.1, 0.15) is 20.3 Å². The normalized spacial score (nSPS) is 13.0. The summed E-state index contributed by atoms with van der Waals surface area (Å²) in [7, 11) is 0. The van der Waals surface area contributed by atoms with Gasteiger partial charge in [-0.1, -0.05) is 43.4 Å². The number of hydrogen-bond donors (Lipinski definition) is 0. The van der Waals surface area contributed by atoms with Gasteiger partial charge in [0, 0.05) is 0 Å². The molecule has 0 nitrogen and oxygen atoms in total. The molecule has 1 heteroatoms. The standard InChI is InChI=1S/C12H17F/c1-4-5-6-12(9-10-13)8-7-11(2)3/h5-9H,2,4,10H2,1,3H3/b6-5-,8-7+,12-9+. The van der Waals surface area contributed by atoms with Crippen molar-refractivity contribution in [3.8, 4) is 0 Å². The molecule has 0 atom stereocenters. The molecule has 0 aliphatic rings. The largest absolute Gasteiger partial charge is 0.247 e. The summed E-state index contributed by atoms with van der Waals surface area (Å²) < 4.78 is 12.0. The SMILES string of the molecule is C=C(C)/C=C/C(/C=C\CC)=C/CF. The molecule has 13 heavy (non-hydrogen) atoms. The van der Waals surface area contributed by atoms with Crippen molar-refractivity contribution >= 4 is 0 Å². The van der Waals surface area contributed by atoms with Gasteiger partial charge in [0.05, 0.1) is 0 Å². The Balaban J connectivity index is 4.35. The lowest BCUT2D eigenvalue weighted by Crippen LogP contribution is -1.75. The van der Waals surface area contributed by atoms with Crippen LogP contribution in [0.3, 0.4) is 0 Å². The molecule has 0 aliphatic heterocycles. The second kappa shape index (κ2) is 7.53. The smallest absolute Gasteiger partial charge is 0.108 e. The van der Waals surface area contributed by atoms with E-state index in [0.29, 0.717) is 0 Å². The van der Waals surface area contributed by atoms with Crippen molar-refractivity contribution in [3.63, 3.8) is 0 Å². The average Bonchev–Trinajstić information content (AvgIpc) is 2.09. The van der Waals surface area contributed by atoms with E-state index in [1.165, 1.54) is 0 Å². The molecular formula is C12H17F. The van der Waals surface area contributed by atoms with Gasteiger partial charge in [0.2, 0.25) is 0 Å². The zero-order valence-electron chi connectivity index (χ0n) is 8.39. The van der Waals surface area contributed by atoms with Crippen molar-refractivity contribution in [1.29, 1.82) is 0 Å². The summed E-state index contributed by atoms with van der Waals surface area (Å²) in [4.78, 5) is 0. The van der Waals surface area contributed by atoms with Gasteiger partial charge < -0.3 is 0 Å². The van der Waals surface area contributed by atoms with Gasteiger partial charge in [-0.2, -0.15) is 0 Å². The maximum Gasteiger partial charge on any atom is 0.108 e. The zero-order chi connectivity index (χ0) is 10.1. The first kappa shape index (κ1) is 11.9. The van der Waals surface area contributed by atoms with E-state index in [-0.39, 0.29) is 0 Å². The maximum absolute atomic E-state index is 12.0. The zero-order valence-corrected chi connectivity index (χ0v) is 8.39. The van der Waals surface area contributed by atoms with Crippen LogP contribution in [0.5, 0.6) is 0 Å². The van der Waals surface area contributed by atoms with Gasteiger partial charge in [0.15, 0.2) is 0 Å². The van der Waals surface area contributed by atoms with Crippen molar-refractivity contribution in [1.82, 2.24) is 0 Å². The quantitative estimate of drug-likeness (QED) is 0.561. The summed E-state index contributed by atoms with van der Waals surface area (Å²) in [6.07, 6.45) is 10.2. The lowest BCUT2D eigenvalue weighted by atomic mass is 10.2. The molecule has 0 saturated heterocycles. The summed E-state index contributed by atoms with van der Waals surface area (Å²) in [5.74, 6) is 0. The number of alkyl halides is 1. The summed E-state index contributed by atoms with van der Waals surface area (Å²) in [6, 6.07) is 0.